The topological polar surface area (TPSA) is 92.0 Å². The quantitative estimate of drug-likeness (QED) is 0.417. The Bertz CT molecular complexity index is 1310. The Hall–Kier alpha value is -4.32. The molecule has 0 radical (unpaired) electrons. The third-order valence-electron chi connectivity index (χ3n) is 4.87. The van der Waals surface area contributed by atoms with E-state index in [1.54, 1.807) is 6.20 Å². The van der Waals surface area contributed by atoms with Crippen molar-refractivity contribution >= 4 is 22.4 Å². The normalized spacial score (nSPS) is 10.9. The van der Waals surface area contributed by atoms with E-state index in [0.29, 0.717) is 11.5 Å². The molecule has 3 aromatic carbocycles. The smallest absolute Gasteiger partial charge is 0.156 e. The van der Waals surface area contributed by atoms with Gasteiger partial charge >= 0.3 is 0 Å². The number of hydrogen-bond donors (Lipinski definition) is 2. The zero-order valence-electron chi connectivity index (χ0n) is 16.1. The standard InChI is InChI=1S/C24H19N5O/c25-17-8-10-18(11-9-17)29-21-14-15-27-23(22(21)24(26)28-29)16-6-12-20(13-7-16)30-19-4-2-1-3-5-19/h1-15H,25H2,(H2,26,28). The van der Waals surface area contributed by atoms with E-state index in [2.05, 4.69) is 10.1 Å². The lowest BCUT2D eigenvalue weighted by Crippen LogP contribution is -1.97. The molecule has 0 aliphatic carbocycles. The van der Waals surface area contributed by atoms with Crippen LogP contribution in [0.5, 0.6) is 11.5 Å². The largest absolute Gasteiger partial charge is 0.457 e. The average molecular weight is 393 g/mol. The summed E-state index contributed by atoms with van der Waals surface area (Å²) in [6.45, 7) is 0. The number of pyridine rings is 1. The molecule has 6 nitrogen and oxygen atoms in total. The predicted octanol–water partition coefficient (Wildman–Crippen LogP) is 5.04. The first-order valence-electron chi connectivity index (χ1n) is 9.51. The second-order valence-electron chi connectivity index (χ2n) is 6.88. The molecule has 0 spiro atoms. The van der Waals surface area contributed by atoms with Crippen LogP contribution in [0.3, 0.4) is 0 Å². The van der Waals surface area contributed by atoms with Crippen molar-refractivity contribution in [2.24, 2.45) is 0 Å². The molecule has 0 bridgehead atoms. The highest BCUT2D eigenvalue weighted by atomic mass is 16.5. The van der Waals surface area contributed by atoms with Gasteiger partial charge in [0.1, 0.15) is 11.5 Å². The van der Waals surface area contributed by atoms with Gasteiger partial charge in [-0.1, -0.05) is 18.2 Å². The van der Waals surface area contributed by atoms with Crippen LogP contribution < -0.4 is 16.2 Å². The van der Waals surface area contributed by atoms with Crippen molar-refractivity contribution < 1.29 is 4.74 Å². The number of ether oxygens (including phenoxy) is 1. The van der Waals surface area contributed by atoms with Crippen molar-refractivity contribution in [3.63, 3.8) is 0 Å². The van der Waals surface area contributed by atoms with Gasteiger partial charge in [-0.2, -0.15) is 0 Å². The minimum absolute atomic E-state index is 0.425. The van der Waals surface area contributed by atoms with E-state index in [0.717, 1.165) is 39.3 Å². The van der Waals surface area contributed by atoms with Crippen LogP contribution in [0.25, 0.3) is 27.8 Å². The van der Waals surface area contributed by atoms with Gasteiger partial charge in [-0.25, -0.2) is 4.68 Å². The summed E-state index contributed by atoms with van der Waals surface area (Å²) in [7, 11) is 0. The van der Waals surface area contributed by atoms with Crippen molar-refractivity contribution in [3.05, 3.63) is 91.1 Å². The zero-order chi connectivity index (χ0) is 20.5. The van der Waals surface area contributed by atoms with Gasteiger partial charge in [0, 0.05) is 17.4 Å². The maximum absolute atomic E-state index is 6.29. The molecule has 5 rings (SSSR count). The van der Waals surface area contributed by atoms with Gasteiger partial charge in [0.2, 0.25) is 0 Å². The van der Waals surface area contributed by atoms with Crippen LogP contribution in [0.1, 0.15) is 0 Å². The van der Waals surface area contributed by atoms with Gasteiger partial charge < -0.3 is 16.2 Å². The molecule has 0 aliphatic heterocycles. The second-order valence-corrected chi connectivity index (χ2v) is 6.88. The third kappa shape index (κ3) is 3.20. The number of anilines is 2. The molecule has 0 unspecified atom stereocenters. The molecule has 0 aliphatic rings. The molecule has 0 saturated heterocycles. The van der Waals surface area contributed by atoms with Gasteiger partial charge in [0.25, 0.3) is 0 Å². The number of rotatable bonds is 4. The Morgan fingerprint density at radius 2 is 1.43 bits per heavy atom. The van der Waals surface area contributed by atoms with Crippen LogP contribution in [-0.2, 0) is 0 Å². The number of benzene rings is 3. The number of fused-ring (bicyclic) bond motifs is 1. The average Bonchev–Trinajstić information content (AvgIpc) is 3.12. The molecule has 4 N–H and O–H groups in total. The van der Waals surface area contributed by atoms with Crippen molar-refractivity contribution in [1.29, 1.82) is 0 Å². The number of hydrogen-bond acceptors (Lipinski definition) is 5. The fourth-order valence-corrected chi connectivity index (χ4v) is 3.43. The number of aromatic nitrogens is 3. The minimum Gasteiger partial charge on any atom is -0.457 e. The lowest BCUT2D eigenvalue weighted by atomic mass is 10.1. The van der Waals surface area contributed by atoms with Gasteiger partial charge in [-0.05, 0) is 66.7 Å². The number of nitrogen functional groups attached to an aromatic ring is 2. The summed E-state index contributed by atoms with van der Waals surface area (Å²) in [5.74, 6) is 1.97. The third-order valence-corrected chi connectivity index (χ3v) is 4.87. The summed E-state index contributed by atoms with van der Waals surface area (Å²) >= 11 is 0. The van der Waals surface area contributed by atoms with Gasteiger partial charge in [0.05, 0.1) is 22.3 Å². The van der Waals surface area contributed by atoms with Gasteiger partial charge in [0.15, 0.2) is 5.82 Å². The molecule has 0 fully saturated rings. The maximum atomic E-state index is 6.29. The SMILES string of the molecule is Nc1ccc(-n2nc(N)c3c(-c4ccc(Oc5ccccc5)cc4)nccc32)cc1. The first kappa shape index (κ1) is 17.8. The number of para-hydroxylation sites is 1. The van der Waals surface area contributed by atoms with Crippen LogP contribution >= 0.6 is 0 Å². The Morgan fingerprint density at radius 1 is 0.733 bits per heavy atom. The van der Waals surface area contributed by atoms with E-state index in [1.807, 2.05) is 89.6 Å². The summed E-state index contributed by atoms with van der Waals surface area (Å²) in [6.07, 6.45) is 1.76. The Kier molecular flexibility index (Phi) is 4.29. The summed E-state index contributed by atoms with van der Waals surface area (Å²) in [5.41, 5.74) is 16.3. The first-order valence-corrected chi connectivity index (χ1v) is 9.51. The van der Waals surface area contributed by atoms with Crippen LogP contribution in [0.2, 0.25) is 0 Å². The highest BCUT2D eigenvalue weighted by Gasteiger charge is 2.16. The van der Waals surface area contributed by atoms with E-state index < -0.39 is 0 Å². The summed E-state index contributed by atoms with van der Waals surface area (Å²) < 4.78 is 7.69. The molecular weight excluding hydrogens is 374 g/mol. The van der Waals surface area contributed by atoms with E-state index in [-0.39, 0.29) is 0 Å². The van der Waals surface area contributed by atoms with Crippen molar-refractivity contribution in [2.75, 3.05) is 11.5 Å². The van der Waals surface area contributed by atoms with E-state index in [4.69, 9.17) is 16.2 Å². The van der Waals surface area contributed by atoms with Crippen molar-refractivity contribution in [2.45, 2.75) is 0 Å². The second kappa shape index (κ2) is 7.25. The van der Waals surface area contributed by atoms with Gasteiger partial charge in [-0.15, -0.1) is 5.10 Å². The van der Waals surface area contributed by atoms with Gasteiger partial charge in [-0.3, -0.25) is 4.98 Å². The molecule has 30 heavy (non-hydrogen) atoms. The van der Waals surface area contributed by atoms with Crippen LogP contribution in [-0.4, -0.2) is 14.8 Å². The lowest BCUT2D eigenvalue weighted by molar-refractivity contribution is 0.483. The number of nitrogens with two attached hydrogens (primary N) is 2. The Morgan fingerprint density at radius 3 is 2.17 bits per heavy atom. The molecular formula is C24H19N5O. The Balaban J connectivity index is 1.54. The van der Waals surface area contributed by atoms with Crippen LogP contribution in [0.4, 0.5) is 11.5 Å². The fourth-order valence-electron chi connectivity index (χ4n) is 3.43. The minimum atomic E-state index is 0.425. The highest BCUT2D eigenvalue weighted by Crippen LogP contribution is 2.33. The maximum Gasteiger partial charge on any atom is 0.156 e. The molecule has 146 valence electrons. The fraction of sp³-hybridized carbons (Fsp3) is 0. The number of nitrogens with zero attached hydrogens (tertiary/aromatic N) is 3. The van der Waals surface area contributed by atoms with E-state index in [1.165, 1.54) is 0 Å². The molecule has 0 atom stereocenters. The molecule has 6 heteroatoms. The molecule has 5 aromatic rings. The van der Waals surface area contributed by atoms with Crippen LogP contribution in [0, 0.1) is 0 Å². The molecule has 2 heterocycles. The van der Waals surface area contributed by atoms with Crippen molar-refractivity contribution in [3.8, 4) is 28.4 Å². The zero-order valence-corrected chi connectivity index (χ0v) is 16.1. The Labute approximate surface area is 173 Å². The van der Waals surface area contributed by atoms with E-state index in [9.17, 15) is 0 Å². The molecule has 0 amide bonds. The molecule has 0 saturated carbocycles. The summed E-state index contributed by atoms with van der Waals surface area (Å²) in [6, 6.07) is 26.9. The highest BCUT2D eigenvalue weighted by molar-refractivity contribution is 6.00. The molecule has 2 aromatic heterocycles. The lowest BCUT2D eigenvalue weighted by Gasteiger charge is -2.08. The first-order chi connectivity index (χ1) is 14.7. The van der Waals surface area contributed by atoms with E-state index >= 15 is 0 Å². The van der Waals surface area contributed by atoms with Crippen molar-refractivity contribution in [1.82, 2.24) is 14.8 Å². The van der Waals surface area contributed by atoms with Crippen LogP contribution in [0.15, 0.2) is 91.1 Å². The predicted molar refractivity (Wildman–Crippen MR) is 120 cm³/mol. The summed E-state index contributed by atoms with van der Waals surface area (Å²) in [5, 5.41) is 5.35. The monoisotopic (exact) mass is 393 g/mol. The summed E-state index contributed by atoms with van der Waals surface area (Å²) in [4.78, 5) is 4.58.